The normalized spacial score (nSPS) is 29.4. The average molecular weight is 1210 g/mol. The molecule has 0 spiro atoms. The monoisotopic (exact) mass is 1210 g/mol. The van der Waals surface area contributed by atoms with E-state index in [0.29, 0.717) is 12.8 Å². The van der Waals surface area contributed by atoms with E-state index in [4.69, 9.17) is 28.4 Å². The zero-order valence-corrected chi connectivity index (χ0v) is 51.6. The van der Waals surface area contributed by atoms with Gasteiger partial charge in [-0.15, -0.1) is 0 Å². The number of unbranched alkanes of at least 4 members (excludes halogenated alkanes) is 22. The SMILES string of the molecule is CC/C=C\C/C=C\C/C=C\C/C=C\CCCCCCCCCCCCC(=O)NC(COC1OC(CO)C(OC2OC(CO)C(OC3OC(CO)C(O)C(O)C3O)C(O)C2O)C(O)C1O)C(O)/C=C/CC/C=C/CCCCCCCCCCCCC. The van der Waals surface area contributed by atoms with Gasteiger partial charge in [0.1, 0.15) is 73.2 Å². The van der Waals surface area contributed by atoms with Gasteiger partial charge in [-0.05, 0) is 70.6 Å². The van der Waals surface area contributed by atoms with Gasteiger partial charge >= 0.3 is 0 Å². The van der Waals surface area contributed by atoms with E-state index in [1.165, 1.54) is 96.3 Å². The van der Waals surface area contributed by atoms with E-state index < -0.39 is 124 Å². The highest BCUT2D eigenvalue weighted by Gasteiger charge is 2.53. The number of aliphatic hydroxyl groups excluding tert-OH is 11. The number of amides is 1. The Morgan fingerprint density at radius 2 is 0.824 bits per heavy atom. The Labute approximate surface area is 508 Å². The summed E-state index contributed by atoms with van der Waals surface area (Å²) < 4.78 is 34.3. The number of ether oxygens (including phenoxy) is 6. The molecule has 19 nitrogen and oxygen atoms in total. The van der Waals surface area contributed by atoms with E-state index in [1.54, 1.807) is 6.08 Å². The number of rotatable bonds is 48. The maximum Gasteiger partial charge on any atom is 0.220 e. The third-order valence-electron chi connectivity index (χ3n) is 16.0. The van der Waals surface area contributed by atoms with Crippen LogP contribution in [0.2, 0.25) is 0 Å². The predicted molar refractivity (Wildman–Crippen MR) is 328 cm³/mol. The van der Waals surface area contributed by atoms with Crippen LogP contribution in [0.15, 0.2) is 72.9 Å². The zero-order valence-electron chi connectivity index (χ0n) is 51.6. The first-order valence-electron chi connectivity index (χ1n) is 32.7. The summed E-state index contributed by atoms with van der Waals surface area (Å²) in [5, 5.41) is 120. The molecule has 0 aliphatic carbocycles. The van der Waals surface area contributed by atoms with Gasteiger partial charge in [-0.25, -0.2) is 0 Å². The molecule has 3 saturated heterocycles. The van der Waals surface area contributed by atoms with Crippen molar-refractivity contribution < 1.29 is 89.4 Å². The van der Waals surface area contributed by atoms with Crippen LogP contribution >= 0.6 is 0 Å². The molecule has 492 valence electrons. The molecule has 17 unspecified atom stereocenters. The molecule has 0 radical (unpaired) electrons. The maximum atomic E-state index is 13.4. The molecule has 0 saturated carbocycles. The molecular formula is C66H115NO18. The third kappa shape index (κ3) is 31.0. The zero-order chi connectivity index (χ0) is 61.9. The summed E-state index contributed by atoms with van der Waals surface area (Å²) in [4.78, 5) is 13.4. The fourth-order valence-corrected chi connectivity index (χ4v) is 10.7. The van der Waals surface area contributed by atoms with Gasteiger partial charge in [-0.3, -0.25) is 4.79 Å². The van der Waals surface area contributed by atoms with E-state index in [-0.39, 0.29) is 18.9 Å². The molecule has 1 amide bonds. The number of nitrogens with one attached hydrogen (secondary N) is 1. The number of aliphatic hydroxyl groups is 11. The second-order valence-electron chi connectivity index (χ2n) is 23.2. The average Bonchev–Trinajstić information content (AvgIpc) is 3.64. The maximum absolute atomic E-state index is 13.4. The minimum absolute atomic E-state index is 0.227. The van der Waals surface area contributed by atoms with Gasteiger partial charge in [0.2, 0.25) is 5.91 Å². The molecular weight excluding hydrogens is 1090 g/mol. The highest BCUT2D eigenvalue weighted by Crippen LogP contribution is 2.33. The lowest BCUT2D eigenvalue weighted by Crippen LogP contribution is -2.66. The lowest BCUT2D eigenvalue weighted by atomic mass is 9.96. The molecule has 19 heteroatoms. The van der Waals surface area contributed by atoms with Crippen LogP contribution in [-0.2, 0) is 33.2 Å². The second-order valence-corrected chi connectivity index (χ2v) is 23.2. The van der Waals surface area contributed by atoms with Crippen molar-refractivity contribution in [3.63, 3.8) is 0 Å². The Bertz CT molecular complexity index is 1830. The van der Waals surface area contributed by atoms with Crippen LogP contribution in [0, 0.1) is 0 Å². The smallest absolute Gasteiger partial charge is 0.220 e. The molecule has 3 fully saturated rings. The first-order chi connectivity index (χ1) is 41.3. The van der Waals surface area contributed by atoms with Crippen LogP contribution in [-0.4, -0.2) is 193 Å². The van der Waals surface area contributed by atoms with Crippen molar-refractivity contribution >= 4 is 5.91 Å². The number of hydrogen-bond donors (Lipinski definition) is 12. The van der Waals surface area contributed by atoms with Gasteiger partial charge in [-0.1, -0.05) is 202 Å². The molecule has 3 rings (SSSR count). The van der Waals surface area contributed by atoms with Crippen LogP contribution in [0.1, 0.15) is 206 Å². The van der Waals surface area contributed by atoms with Gasteiger partial charge in [0, 0.05) is 6.42 Å². The third-order valence-corrected chi connectivity index (χ3v) is 16.0. The Kier molecular flexibility index (Phi) is 43.3. The molecule has 3 aliphatic rings. The Balaban J connectivity index is 1.47. The highest BCUT2D eigenvalue weighted by molar-refractivity contribution is 5.76. The van der Waals surface area contributed by atoms with E-state index >= 15 is 0 Å². The second kappa shape index (κ2) is 48.1. The number of hydrogen-bond acceptors (Lipinski definition) is 18. The molecule has 0 aromatic heterocycles. The Morgan fingerprint density at radius 1 is 0.435 bits per heavy atom. The highest BCUT2D eigenvalue weighted by atomic mass is 16.8. The Hall–Kier alpha value is -2.77. The van der Waals surface area contributed by atoms with E-state index in [2.05, 4.69) is 79.9 Å². The fourth-order valence-electron chi connectivity index (χ4n) is 10.7. The summed E-state index contributed by atoms with van der Waals surface area (Å²) in [5.74, 6) is -0.293. The molecule has 0 aromatic carbocycles. The Morgan fingerprint density at radius 3 is 1.32 bits per heavy atom. The lowest BCUT2D eigenvalue weighted by molar-refractivity contribution is -0.379. The van der Waals surface area contributed by atoms with Crippen LogP contribution in [0.5, 0.6) is 0 Å². The van der Waals surface area contributed by atoms with Gasteiger partial charge in [-0.2, -0.15) is 0 Å². The standard InChI is InChI=1S/C66H115NO18/c1-3-5-7-9-11-13-15-17-19-21-22-23-24-25-26-28-30-32-34-36-38-40-42-44-54(72)67-49(50(71)43-41-39-37-35-33-31-29-27-20-18-16-14-12-10-8-6-4-2)48-80-64-60(78)57(75)62(52(46-69)82-64)85-66-61(79)58(76)63(53(47-70)83-66)84-65-59(77)56(74)55(73)51(45-68)81-65/h5,7,11,13,17,19,22-23,33,35,41,43,49-53,55-66,68-71,73-79H,3-4,6,8-10,12,14-16,18,20-21,24-32,34,36-40,42,44-48H2,1-2H3,(H,67,72)/b7-5-,13-11-,19-17-,23-22-,35-33+,43-41+. The van der Waals surface area contributed by atoms with Crippen LogP contribution in [0.25, 0.3) is 0 Å². The van der Waals surface area contributed by atoms with Crippen molar-refractivity contribution in [1.29, 1.82) is 0 Å². The summed E-state index contributed by atoms with van der Waals surface area (Å²) >= 11 is 0. The van der Waals surface area contributed by atoms with E-state index in [9.17, 15) is 61.0 Å². The summed E-state index contributed by atoms with van der Waals surface area (Å²) in [6.45, 7) is 1.59. The van der Waals surface area contributed by atoms with E-state index in [0.717, 1.165) is 77.0 Å². The molecule has 3 aliphatic heterocycles. The first-order valence-corrected chi connectivity index (χ1v) is 32.7. The van der Waals surface area contributed by atoms with Crippen molar-refractivity contribution in [3.05, 3.63) is 72.9 Å². The number of carbonyl (C=O) groups excluding carboxylic acids is 1. The van der Waals surface area contributed by atoms with Gasteiger partial charge in [0.15, 0.2) is 18.9 Å². The van der Waals surface area contributed by atoms with E-state index in [1.807, 2.05) is 6.08 Å². The van der Waals surface area contributed by atoms with Gasteiger partial charge in [0.25, 0.3) is 0 Å². The van der Waals surface area contributed by atoms with Gasteiger partial charge < -0.3 is 89.9 Å². The van der Waals surface area contributed by atoms with Crippen LogP contribution < -0.4 is 5.32 Å². The van der Waals surface area contributed by atoms with Crippen molar-refractivity contribution in [2.75, 3.05) is 26.4 Å². The van der Waals surface area contributed by atoms with Crippen molar-refractivity contribution in [2.45, 2.75) is 311 Å². The summed E-state index contributed by atoms with van der Waals surface area (Å²) in [7, 11) is 0. The molecule has 0 aromatic rings. The molecule has 0 bridgehead atoms. The number of allylic oxidation sites excluding steroid dienone is 11. The van der Waals surface area contributed by atoms with Crippen LogP contribution in [0.4, 0.5) is 0 Å². The minimum atomic E-state index is -1.98. The topological polar surface area (TPSA) is 307 Å². The number of carbonyl (C=O) groups is 1. The van der Waals surface area contributed by atoms with Crippen molar-refractivity contribution in [2.24, 2.45) is 0 Å². The summed E-state index contributed by atoms with van der Waals surface area (Å²) in [5.41, 5.74) is 0. The van der Waals surface area contributed by atoms with Gasteiger partial charge in [0.05, 0.1) is 38.6 Å². The predicted octanol–water partition coefficient (Wildman–Crippen LogP) is 7.38. The fraction of sp³-hybridized carbons (Fsp3) is 0.803. The van der Waals surface area contributed by atoms with Crippen molar-refractivity contribution in [3.8, 4) is 0 Å². The molecule has 3 heterocycles. The van der Waals surface area contributed by atoms with Crippen LogP contribution in [0.3, 0.4) is 0 Å². The van der Waals surface area contributed by atoms with Crippen molar-refractivity contribution in [1.82, 2.24) is 5.32 Å². The molecule has 17 atom stereocenters. The lowest BCUT2D eigenvalue weighted by Gasteiger charge is -2.48. The quantitative estimate of drug-likeness (QED) is 0.0209. The summed E-state index contributed by atoms with van der Waals surface area (Å²) in [6, 6.07) is -0.996. The molecule has 85 heavy (non-hydrogen) atoms. The largest absolute Gasteiger partial charge is 0.394 e. The molecule has 12 N–H and O–H groups in total. The first kappa shape index (κ1) is 76.5. The minimum Gasteiger partial charge on any atom is -0.394 e. The summed E-state index contributed by atoms with van der Waals surface area (Å²) in [6.07, 6.45) is 31.6.